The Morgan fingerprint density at radius 2 is 2.07 bits per heavy atom. The number of ether oxygens (including phenoxy) is 1. The average Bonchev–Trinajstić information content (AvgIpc) is 2.25. The summed E-state index contributed by atoms with van der Waals surface area (Å²) in [6.07, 6.45) is 0.345. The van der Waals surface area contributed by atoms with E-state index in [1.165, 1.54) is 12.1 Å². The zero-order valence-electron chi connectivity index (χ0n) is 8.63. The van der Waals surface area contributed by atoms with Gasteiger partial charge in [0.05, 0.1) is 6.42 Å². The molecule has 0 aromatic heterocycles. The molecule has 0 amide bonds. The van der Waals surface area contributed by atoms with Gasteiger partial charge in [-0.1, -0.05) is 12.1 Å². The van der Waals surface area contributed by atoms with Gasteiger partial charge >= 0.3 is 5.97 Å². The molecule has 82 valence electrons. The highest BCUT2D eigenvalue weighted by atomic mass is 19.1. The summed E-state index contributed by atoms with van der Waals surface area (Å²) in [5.41, 5.74) is 0.786. The fourth-order valence-electron chi connectivity index (χ4n) is 1.04. The second-order valence-electron chi connectivity index (χ2n) is 3.14. The zero-order chi connectivity index (χ0) is 11.1. The smallest absolute Gasteiger partial charge is 0.307 e. The third-order valence-electron chi connectivity index (χ3n) is 1.89. The summed E-state index contributed by atoms with van der Waals surface area (Å²) in [7, 11) is 1.77. The fourth-order valence-corrected chi connectivity index (χ4v) is 1.04. The number of benzene rings is 1. The molecule has 1 aromatic rings. The van der Waals surface area contributed by atoms with Crippen LogP contribution in [0.2, 0.25) is 0 Å². The van der Waals surface area contributed by atoms with Crippen molar-refractivity contribution in [2.75, 3.05) is 13.6 Å². The molecule has 0 saturated heterocycles. The first-order valence-electron chi connectivity index (χ1n) is 4.77. The van der Waals surface area contributed by atoms with Crippen LogP contribution < -0.4 is 5.32 Å². The molecule has 0 fully saturated rings. The van der Waals surface area contributed by atoms with Gasteiger partial charge in [0.25, 0.3) is 0 Å². The summed E-state index contributed by atoms with van der Waals surface area (Å²) < 4.78 is 17.5. The van der Waals surface area contributed by atoms with Gasteiger partial charge in [-0.3, -0.25) is 4.79 Å². The summed E-state index contributed by atoms with van der Waals surface area (Å²) in [5.74, 6) is -0.547. The Balaban J connectivity index is 2.30. The van der Waals surface area contributed by atoms with Gasteiger partial charge in [0.15, 0.2) is 0 Å². The monoisotopic (exact) mass is 211 g/mol. The Labute approximate surface area is 88.2 Å². The van der Waals surface area contributed by atoms with Gasteiger partial charge in [0, 0.05) is 6.54 Å². The lowest BCUT2D eigenvalue weighted by atomic mass is 10.2. The molecule has 0 unspecified atom stereocenters. The van der Waals surface area contributed by atoms with Gasteiger partial charge in [-0.25, -0.2) is 4.39 Å². The number of esters is 1. The van der Waals surface area contributed by atoms with E-state index in [1.54, 1.807) is 19.2 Å². The molecule has 0 aliphatic rings. The maximum Gasteiger partial charge on any atom is 0.307 e. The van der Waals surface area contributed by atoms with Crippen molar-refractivity contribution in [2.45, 2.75) is 13.0 Å². The number of halogens is 1. The highest BCUT2D eigenvalue weighted by Gasteiger charge is 2.02. The minimum absolute atomic E-state index is 0.197. The molecule has 0 spiro atoms. The van der Waals surface area contributed by atoms with Crippen LogP contribution in [0.5, 0.6) is 0 Å². The van der Waals surface area contributed by atoms with Crippen LogP contribution in [0.25, 0.3) is 0 Å². The van der Waals surface area contributed by atoms with Crippen molar-refractivity contribution in [3.05, 3.63) is 35.6 Å². The molecule has 0 radical (unpaired) electrons. The van der Waals surface area contributed by atoms with Gasteiger partial charge in [0.2, 0.25) is 0 Å². The first-order valence-corrected chi connectivity index (χ1v) is 4.77. The number of carbonyl (C=O) groups is 1. The van der Waals surface area contributed by atoms with Crippen LogP contribution in [0, 0.1) is 5.82 Å². The molecule has 1 rings (SSSR count). The summed E-state index contributed by atoms with van der Waals surface area (Å²) in [6, 6.07) is 5.88. The van der Waals surface area contributed by atoms with Gasteiger partial charge in [-0.2, -0.15) is 0 Å². The van der Waals surface area contributed by atoms with Crippen LogP contribution in [-0.2, 0) is 16.1 Å². The number of carbonyl (C=O) groups excluding carboxylic acids is 1. The molecule has 4 heteroatoms. The van der Waals surface area contributed by atoms with Crippen molar-refractivity contribution in [1.82, 2.24) is 5.32 Å². The van der Waals surface area contributed by atoms with Crippen molar-refractivity contribution < 1.29 is 13.9 Å². The molecular formula is C11H14FNO2. The Morgan fingerprint density at radius 1 is 1.40 bits per heavy atom. The predicted molar refractivity (Wildman–Crippen MR) is 54.7 cm³/mol. The second kappa shape index (κ2) is 6.14. The molecule has 0 atom stereocenters. The van der Waals surface area contributed by atoms with Crippen molar-refractivity contribution >= 4 is 5.97 Å². The van der Waals surface area contributed by atoms with Crippen LogP contribution in [0.4, 0.5) is 4.39 Å². The first-order chi connectivity index (χ1) is 7.22. The molecule has 15 heavy (non-hydrogen) atoms. The van der Waals surface area contributed by atoms with Crippen molar-refractivity contribution in [1.29, 1.82) is 0 Å². The van der Waals surface area contributed by atoms with E-state index in [2.05, 4.69) is 5.32 Å². The van der Waals surface area contributed by atoms with Crippen LogP contribution in [-0.4, -0.2) is 19.6 Å². The molecule has 0 saturated carbocycles. The zero-order valence-corrected chi connectivity index (χ0v) is 8.63. The van der Waals surface area contributed by atoms with E-state index in [1.807, 2.05) is 0 Å². The summed E-state index contributed by atoms with van der Waals surface area (Å²) >= 11 is 0. The van der Waals surface area contributed by atoms with E-state index >= 15 is 0 Å². The second-order valence-corrected chi connectivity index (χ2v) is 3.14. The number of nitrogens with one attached hydrogen (secondary N) is 1. The Hall–Kier alpha value is -1.42. The van der Waals surface area contributed by atoms with E-state index in [0.717, 1.165) is 5.56 Å². The SMILES string of the molecule is CNCCC(=O)OCc1ccc(F)cc1. The Kier molecular flexibility index (Phi) is 4.77. The van der Waals surface area contributed by atoms with E-state index in [4.69, 9.17) is 4.74 Å². The van der Waals surface area contributed by atoms with Crippen LogP contribution in [0.3, 0.4) is 0 Å². The number of hydrogen-bond donors (Lipinski definition) is 1. The van der Waals surface area contributed by atoms with Gasteiger partial charge in [-0.15, -0.1) is 0 Å². The summed E-state index contributed by atoms with van der Waals surface area (Å²) in [4.78, 5) is 11.1. The largest absolute Gasteiger partial charge is 0.461 e. The van der Waals surface area contributed by atoms with E-state index in [9.17, 15) is 9.18 Å². The lowest BCUT2D eigenvalue weighted by Crippen LogP contribution is -2.14. The first kappa shape index (κ1) is 11.7. The minimum atomic E-state index is -0.291. The quantitative estimate of drug-likeness (QED) is 0.750. The molecule has 0 aliphatic carbocycles. The van der Waals surface area contributed by atoms with Crippen molar-refractivity contribution in [3.63, 3.8) is 0 Å². The number of rotatable bonds is 5. The molecule has 1 aromatic carbocycles. The van der Waals surface area contributed by atoms with Gasteiger partial charge in [-0.05, 0) is 24.7 Å². The third-order valence-corrected chi connectivity index (χ3v) is 1.89. The van der Waals surface area contributed by atoms with Gasteiger partial charge in [0.1, 0.15) is 12.4 Å². The molecule has 3 nitrogen and oxygen atoms in total. The normalized spacial score (nSPS) is 10.0. The van der Waals surface area contributed by atoms with Crippen molar-refractivity contribution in [3.8, 4) is 0 Å². The average molecular weight is 211 g/mol. The highest BCUT2D eigenvalue weighted by Crippen LogP contribution is 2.04. The van der Waals surface area contributed by atoms with Crippen molar-refractivity contribution in [2.24, 2.45) is 0 Å². The Morgan fingerprint density at radius 3 is 2.67 bits per heavy atom. The number of hydrogen-bond acceptors (Lipinski definition) is 3. The summed E-state index contributed by atoms with van der Waals surface area (Å²) in [5, 5.41) is 2.85. The lowest BCUT2D eigenvalue weighted by Gasteiger charge is -2.04. The van der Waals surface area contributed by atoms with E-state index < -0.39 is 0 Å². The van der Waals surface area contributed by atoms with Crippen LogP contribution >= 0.6 is 0 Å². The topological polar surface area (TPSA) is 38.3 Å². The molecule has 0 heterocycles. The highest BCUT2D eigenvalue weighted by molar-refractivity contribution is 5.69. The summed E-state index contributed by atoms with van der Waals surface area (Å²) in [6.45, 7) is 0.797. The molecular weight excluding hydrogens is 197 g/mol. The van der Waals surface area contributed by atoms with Crippen LogP contribution in [0.15, 0.2) is 24.3 Å². The molecule has 1 N–H and O–H groups in total. The van der Waals surface area contributed by atoms with Gasteiger partial charge < -0.3 is 10.1 Å². The predicted octanol–water partition coefficient (Wildman–Crippen LogP) is 1.48. The fraction of sp³-hybridized carbons (Fsp3) is 0.364. The lowest BCUT2D eigenvalue weighted by molar-refractivity contribution is -0.144. The maximum atomic E-state index is 12.5. The molecule has 0 aliphatic heterocycles. The molecule has 0 bridgehead atoms. The van der Waals surface area contributed by atoms with Crippen LogP contribution in [0.1, 0.15) is 12.0 Å². The minimum Gasteiger partial charge on any atom is -0.461 e. The van der Waals surface area contributed by atoms with E-state index in [-0.39, 0.29) is 18.4 Å². The Bertz CT molecular complexity index is 311. The third kappa shape index (κ3) is 4.56. The standard InChI is InChI=1S/C11H14FNO2/c1-13-7-6-11(14)15-8-9-2-4-10(12)5-3-9/h2-5,13H,6-8H2,1H3. The van der Waals surface area contributed by atoms with E-state index in [0.29, 0.717) is 13.0 Å². The maximum absolute atomic E-state index is 12.5.